The van der Waals surface area contributed by atoms with Crippen LogP contribution in [0.1, 0.15) is 12.8 Å². The number of ether oxygens (including phenoxy) is 1. The molecule has 2 unspecified atom stereocenters. The van der Waals surface area contributed by atoms with Gasteiger partial charge in [-0.1, -0.05) is 0 Å². The topological polar surface area (TPSA) is 49.4 Å². The second-order valence-corrected chi connectivity index (χ2v) is 5.31. The summed E-state index contributed by atoms with van der Waals surface area (Å²) < 4.78 is 5.93. The minimum atomic E-state index is 0.292. The van der Waals surface area contributed by atoms with Crippen LogP contribution < -0.4 is 10.6 Å². The van der Waals surface area contributed by atoms with Crippen LogP contribution in [-0.4, -0.2) is 55.3 Å². The Morgan fingerprint density at radius 1 is 1.53 bits per heavy atom. The van der Waals surface area contributed by atoms with Gasteiger partial charge in [0.05, 0.1) is 12.7 Å². The molecule has 0 bridgehead atoms. The van der Waals surface area contributed by atoms with Crippen LogP contribution in [0, 0.1) is 0 Å². The third kappa shape index (κ3) is 2.98. The van der Waals surface area contributed by atoms with E-state index in [1.54, 1.807) is 0 Å². The fraction of sp³-hybridized carbons (Fsp3) is 0.643. The van der Waals surface area contributed by atoms with Gasteiger partial charge in [-0.3, -0.25) is 4.90 Å². The van der Waals surface area contributed by atoms with Gasteiger partial charge >= 0.3 is 0 Å². The predicted octanol–water partition coefficient (Wildman–Crippen LogP) is 1.40. The van der Waals surface area contributed by atoms with E-state index in [-0.39, 0.29) is 0 Å². The number of aromatic nitrogens is 1. The largest absolute Gasteiger partial charge is 0.382 e. The van der Waals surface area contributed by atoms with Crippen LogP contribution in [0.15, 0.2) is 18.3 Å². The molecule has 5 heteroatoms. The molecule has 1 aromatic heterocycles. The molecule has 2 N–H and O–H groups in total. The number of pyridine rings is 1. The Bertz CT molecular complexity index is 426. The zero-order chi connectivity index (χ0) is 13.1. The van der Waals surface area contributed by atoms with Crippen molar-refractivity contribution >= 4 is 11.5 Å². The number of fused-ring (bicyclic) bond motifs is 1. The summed E-state index contributed by atoms with van der Waals surface area (Å²) in [5, 5.41) is 6.48. The molecule has 19 heavy (non-hydrogen) atoms. The summed E-state index contributed by atoms with van der Waals surface area (Å²) in [5.74, 6) is 0.883. The predicted molar refractivity (Wildman–Crippen MR) is 76.6 cm³/mol. The van der Waals surface area contributed by atoms with Crippen molar-refractivity contribution in [3.8, 4) is 0 Å². The molecule has 3 heterocycles. The van der Waals surface area contributed by atoms with Crippen LogP contribution in [0.5, 0.6) is 0 Å². The van der Waals surface area contributed by atoms with E-state index in [2.05, 4.69) is 20.5 Å². The molecule has 2 atom stereocenters. The van der Waals surface area contributed by atoms with Gasteiger partial charge in [0.1, 0.15) is 5.82 Å². The second-order valence-electron chi connectivity index (χ2n) is 5.31. The van der Waals surface area contributed by atoms with Crippen LogP contribution in [0.4, 0.5) is 11.5 Å². The van der Waals surface area contributed by atoms with E-state index in [4.69, 9.17) is 4.74 Å². The fourth-order valence-electron chi connectivity index (χ4n) is 2.92. The minimum Gasteiger partial charge on any atom is -0.382 e. The second kappa shape index (κ2) is 5.75. The van der Waals surface area contributed by atoms with Crippen LogP contribution in [0.3, 0.4) is 0 Å². The average molecular weight is 262 g/mol. The summed E-state index contributed by atoms with van der Waals surface area (Å²) in [5.41, 5.74) is 1.09. The molecule has 0 saturated carbocycles. The van der Waals surface area contributed by atoms with Crippen molar-refractivity contribution in [3.05, 3.63) is 18.3 Å². The molecule has 2 aliphatic rings. The molecule has 1 aromatic rings. The maximum atomic E-state index is 5.93. The van der Waals surface area contributed by atoms with Gasteiger partial charge in [-0.25, -0.2) is 4.98 Å². The van der Waals surface area contributed by atoms with Gasteiger partial charge in [0, 0.05) is 44.1 Å². The van der Waals surface area contributed by atoms with Gasteiger partial charge in [0.25, 0.3) is 0 Å². The van der Waals surface area contributed by atoms with E-state index in [9.17, 15) is 0 Å². The highest BCUT2D eigenvalue weighted by atomic mass is 16.5. The van der Waals surface area contributed by atoms with Gasteiger partial charge in [-0.2, -0.15) is 0 Å². The normalized spacial score (nSPS) is 27.0. The number of nitrogens with zero attached hydrogens (tertiary/aromatic N) is 2. The van der Waals surface area contributed by atoms with Crippen LogP contribution in [0.2, 0.25) is 0 Å². The molecule has 2 fully saturated rings. The maximum Gasteiger partial charge on any atom is 0.127 e. The molecule has 2 aliphatic heterocycles. The maximum absolute atomic E-state index is 5.93. The molecule has 0 aromatic carbocycles. The summed E-state index contributed by atoms with van der Waals surface area (Å²) in [7, 11) is 1.88. The first-order valence-corrected chi connectivity index (χ1v) is 7.08. The molecular weight excluding hydrogens is 240 g/mol. The third-order valence-electron chi connectivity index (χ3n) is 4.01. The van der Waals surface area contributed by atoms with Gasteiger partial charge in [-0.05, 0) is 25.5 Å². The van der Waals surface area contributed by atoms with Crippen molar-refractivity contribution < 1.29 is 4.74 Å². The van der Waals surface area contributed by atoms with Crippen molar-refractivity contribution in [1.82, 2.24) is 9.88 Å². The lowest BCUT2D eigenvalue weighted by Crippen LogP contribution is -2.48. The Morgan fingerprint density at radius 2 is 2.47 bits per heavy atom. The van der Waals surface area contributed by atoms with Crippen molar-refractivity contribution in [3.63, 3.8) is 0 Å². The summed E-state index contributed by atoms with van der Waals surface area (Å²) in [6.07, 6.45) is 4.73. The number of anilines is 2. The molecule has 0 amide bonds. The zero-order valence-corrected chi connectivity index (χ0v) is 11.4. The summed E-state index contributed by atoms with van der Waals surface area (Å²) in [6, 6.07) is 4.68. The molecule has 0 spiro atoms. The number of nitrogens with one attached hydrogen (secondary N) is 2. The molecule has 2 saturated heterocycles. The van der Waals surface area contributed by atoms with E-state index in [0.717, 1.165) is 31.2 Å². The van der Waals surface area contributed by atoms with Gasteiger partial charge in [0.15, 0.2) is 0 Å². The van der Waals surface area contributed by atoms with Crippen LogP contribution >= 0.6 is 0 Å². The van der Waals surface area contributed by atoms with Gasteiger partial charge in [-0.15, -0.1) is 0 Å². The Hall–Kier alpha value is -1.33. The molecule has 5 nitrogen and oxygen atoms in total. The van der Waals surface area contributed by atoms with E-state index < -0.39 is 0 Å². The Balaban J connectivity index is 1.51. The Labute approximate surface area is 114 Å². The van der Waals surface area contributed by atoms with E-state index in [1.807, 2.05) is 25.4 Å². The smallest absolute Gasteiger partial charge is 0.127 e. The average Bonchev–Trinajstić information content (AvgIpc) is 2.93. The highest BCUT2D eigenvalue weighted by Gasteiger charge is 2.31. The Kier molecular flexibility index (Phi) is 3.84. The summed E-state index contributed by atoms with van der Waals surface area (Å²) in [6.45, 7) is 4.05. The molecule has 104 valence electrons. The van der Waals surface area contributed by atoms with Gasteiger partial charge < -0.3 is 15.4 Å². The van der Waals surface area contributed by atoms with E-state index in [1.165, 1.54) is 19.4 Å². The number of hydrogen-bond acceptors (Lipinski definition) is 5. The quantitative estimate of drug-likeness (QED) is 0.859. The standard InChI is InChI=1S/C14H22N4O/c1-15-14-7-11(4-5-16-14)17-8-13-9-18-6-2-3-12(18)10-19-13/h4-5,7,12-13H,2-3,6,8-10H2,1H3,(H2,15,16,17). The summed E-state index contributed by atoms with van der Waals surface area (Å²) in [4.78, 5) is 6.78. The zero-order valence-electron chi connectivity index (χ0n) is 11.4. The lowest BCUT2D eigenvalue weighted by atomic mass is 10.2. The lowest BCUT2D eigenvalue weighted by molar-refractivity contribution is -0.0415. The molecule has 3 rings (SSSR count). The van der Waals surface area contributed by atoms with E-state index >= 15 is 0 Å². The molecule has 0 aliphatic carbocycles. The fourth-order valence-corrected chi connectivity index (χ4v) is 2.92. The first kappa shape index (κ1) is 12.7. The first-order valence-electron chi connectivity index (χ1n) is 7.08. The molecule has 0 radical (unpaired) electrons. The number of morpholine rings is 1. The van der Waals surface area contributed by atoms with Crippen LogP contribution in [0.25, 0.3) is 0 Å². The number of hydrogen-bond donors (Lipinski definition) is 2. The first-order chi connectivity index (χ1) is 9.35. The SMILES string of the molecule is CNc1cc(NCC2CN3CCCC3CO2)ccn1. The lowest BCUT2D eigenvalue weighted by Gasteiger charge is -2.35. The third-order valence-corrected chi connectivity index (χ3v) is 4.01. The van der Waals surface area contributed by atoms with Gasteiger partial charge in [0.2, 0.25) is 0 Å². The highest BCUT2D eigenvalue weighted by Crippen LogP contribution is 2.22. The number of rotatable bonds is 4. The van der Waals surface area contributed by atoms with Crippen LogP contribution in [-0.2, 0) is 4.74 Å². The minimum absolute atomic E-state index is 0.292. The monoisotopic (exact) mass is 262 g/mol. The van der Waals surface area contributed by atoms with Crippen molar-refractivity contribution in [2.24, 2.45) is 0 Å². The summed E-state index contributed by atoms with van der Waals surface area (Å²) >= 11 is 0. The van der Waals surface area contributed by atoms with Crippen molar-refractivity contribution in [1.29, 1.82) is 0 Å². The molecular formula is C14H22N4O. The van der Waals surface area contributed by atoms with Crippen molar-refractivity contribution in [2.45, 2.75) is 25.0 Å². The van der Waals surface area contributed by atoms with E-state index in [0.29, 0.717) is 12.1 Å². The van der Waals surface area contributed by atoms with Crippen molar-refractivity contribution in [2.75, 3.05) is 43.9 Å². The highest BCUT2D eigenvalue weighted by molar-refractivity contribution is 5.51. The Morgan fingerprint density at radius 3 is 3.37 bits per heavy atom.